The van der Waals surface area contributed by atoms with E-state index in [9.17, 15) is 30.0 Å². The van der Waals surface area contributed by atoms with Crippen LogP contribution in [0, 0.1) is 0 Å². The second kappa shape index (κ2) is 4.63. The summed E-state index contributed by atoms with van der Waals surface area (Å²) < 4.78 is 4.88. The third kappa shape index (κ3) is 2.06. The van der Waals surface area contributed by atoms with Gasteiger partial charge < -0.3 is 30.3 Å². The van der Waals surface area contributed by atoms with Crippen molar-refractivity contribution in [1.29, 1.82) is 0 Å². The highest BCUT2D eigenvalue weighted by Crippen LogP contribution is 2.34. The van der Waals surface area contributed by atoms with Crippen LogP contribution in [0.1, 0.15) is 0 Å². The SMILES string of the molecule is O=C1C=C([C@@]2(O)O[C@H](CO)[C@@H](O)[C@H](O)[C@@H]2O)C(=O)N1. The number of aliphatic hydroxyl groups excluding tert-OH is 4. The van der Waals surface area contributed by atoms with Gasteiger partial charge in [-0.25, -0.2) is 0 Å². The minimum Gasteiger partial charge on any atom is -0.394 e. The van der Waals surface area contributed by atoms with Crippen LogP contribution in [0.25, 0.3) is 0 Å². The molecule has 0 unspecified atom stereocenters. The number of carbonyl (C=O) groups is 2. The van der Waals surface area contributed by atoms with E-state index in [4.69, 9.17) is 9.84 Å². The summed E-state index contributed by atoms with van der Waals surface area (Å²) in [6.07, 6.45) is -6.29. The molecular weight excluding hydrogens is 262 g/mol. The van der Waals surface area contributed by atoms with Crippen LogP contribution in [0.3, 0.4) is 0 Å². The number of hydrogen-bond donors (Lipinski definition) is 6. The molecule has 0 saturated carbocycles. The smallest absolute Gasteiger partial charge is 0.259 e. The van der Waals surface area contributed by atoms with Gasteiger partial charge in [0.2, 0.25) is 5.79 Å². The van der Waals surface area contributed by atoms with Crippen LogP contribution >= 0.6 is 0 Å². The summed E-state index contributed by atoms with van der Waals surface area (Å²) in [6.45, 7) is -0.768. The molecule has 1 fully saturated rings. The topological polar surface area (TPSA) is 157 Å². The fourth-order valence-corrected chi connectivity index (χ4v) is 2.05. The number of ether oxygens (including phenoxy) is 1. The molecule has 1 saturated heterocycles. The fraction of sp³-hybridized carbons (Fsp3) is 0.600. The summed E-state index contributed by atoms with van der Waals surface area (Å²) in [5, 5.41) is 49.9. The van der Waals surface area contributed by atoms with Crippen molar-refractivity contribution in [2.24, 2.45) is 0 Å². The van der Waals surface area contributed by atoms with E-state index >= 15 is 0 Å². The molecule has 19 heavy (non-hydrogen) atoms. The van der Waals surface area contributed by atoms with Crippen LogP contribution < -0.4 is 5.32 Å². The number of aliphatic hydroxyl groups is 5. The van der Waals surface area contributed by atoms with Crippen molar-refractivity contribution in [3.05, 3.63) is 11.6 Å². The monoisotopic (exact) mass is 275 g/mol. The molecule has 2 aliphatic heterocycles. The Balaban J connectivity index is 2.38. The summed E-state index contributed by atoms with van der Waals surface area (Å²) in [6, 6.07) is 0. The normalized spacial score (nSPS) is 43.1. The summed E-state index contributed by atoms with van der Waals surface area (Å²) in [5.41, 5.74) is -0.602. The molecule has 0 aromatic carbocycles. The Bertz CT molecular complexity index is 447. The molecule has 0 radical (unpaired) electrons. The molecule has 9 nitrogen and oxygen atoms in total. The molecular formula is C10H13NO8. The maximum atomic E-state index is 11.5. The molecule has 106 valence electrons. The molecule has 2 rings (SSSR count). The molecule has 2 aliphatic rings. The van der Waals surface area contributed by atoms with Crippen molar-refractivity contribution >= 4 is 11.8 Å². The summed E-state index contributed by atoms with van der Waals surface area (Å²) in [4.78, 5) is 22.5. The Kier molecular flexibility index (Phi) is 3.43. The van der Waals surface area contributed by atoms with Crippen LogP contribution in [0.2, 0.25) is 0 Å². The van der Waals surface area contributed by atoms with Crippen molar-refractivity contribution in [2.75, 3.05) is 6.61 Å². The third-order valence-electron chi connectivity index (χ3n) is 3.11. The lowest BCUT2D eigenvalue weighted by molar-refractivity contribution is -0.330. The molecule has 0 bridgehead atoms. The Morgan fingerprint density at radius 2 is 1.89 bits per heavy atom. The third-order valence-corrected chi connectivity index (χ3v) is 3.11. The van der Waals surface area contributed by atoms with Gasteiger partial charge in [0, 0.05) is 6.08 Å². The molecule has 0 spiro atoms. The molecule has 0 aliphatic carbocycles. The van der Waals surface area contributed by atoms with E-state index in [1.807, 2.05) is 5.32 Å². The predicted molar refractivity (Wildman–Crippen MR) is 56.2 cm³/mol. The van der Waals surface area contributed by atoms with E-state index in [-0.39, 0.29) is 0 Å². The fourth-order valence-electron chi connectivity index (χ4n) is 2.05. The maximum absolute atomic E-state index is 11.5. The van der Waals surface area contributed by atoms with Crippen LogP contribution in [-0.2, 0) is 14.3 Å². The molecule has 9 heteroatoms. The number of hydrogen-bond acceptors (Lipinski definition) is 8. The number of amides is 2. The van der Waals surface area contributed by atoms with Crippen molar-refractivity contribution in [3.8, 4) is 0 Å². The predicted octanol–water partition coefficient (Wildman–Crippen LogP) is -4.27. The van der Waals surface area contributed by atoms with Gasteiger partial charge in [0.25, 0.3) is 11.8 Å². The van der Waals surface area contributed by atoms with Gasteiger partial charge in [-0.1, -0.05) is 0 Å². The second-order valence-electron chi connectivity index (χ2n) is 4.34. The highest BCUT2D eigenvalue weighted by molar-refractivity contribution is 6.17. The van der Waals surface area contributed by atoms with Crippen LogP contribution in [0.15, 0.2) is 11.6 Å². The van der Waals surface area contributed by atoms with Crippen molar-refractivity contribution in [1.82, 2.24) is 5.32 Å². The second-order valence-corrected chi connectivity index (χ2v) is 4.34. The minimum absolute atomic E-state index is 0.602. The average Bonchev–Trinajstić information content (AvgIpc) is 2.71. The van der Waals surface area contributed by atoms with Gasteiger partial charge in [-0.05, 0) is 0 Å². The van der Waals surface area contributed by atoms with Gasteiger partial charge in [0.1, 0.15) is 24.4 Å². The lowest BCUT2D eigenvalue weighted by Gasteiger charge is -2.45. The highest BCUT2D eigenvalue weighted by atomic mass is 16.7. The summed E-state index contributed by atoms with van der Waals surface area (Å²) in [7, 11) is 0. The first-order valence-electron chi connectivity index (χ1n) is 5.44. The van der Waals surface area contributed by atoms with E-state index in [0.29, 0.717) is 6.08 Å². The maximum Gasteiger partial charge on any atom is 0.259 e. The summed E-state index contributed by atoms with van der Waals surface area (Å²) >= 11 is 0. The molecule has 2 heterocycles. The number of imide groups is 1. The average molecular weight is 275 g/mol. The molecule has 0 aromatic rings. The Morgan fingerprint density at radius 3 is 2.37 bits per heavy atom. The van der Waals surface area contributed by atoms with E-state index in [0.717, 1.165) is 0 Å². The lowest BCUT2D eigenvalue weighted by Crippen LogP contribution is -2.66. The number of carbonyl (C=O) groups excluding carboxylic acids is 2. The van der Waals surface area contributed by atoms with Gasteiger partial charge in [-0.15, -0.1) is 0 Å². The zero-order valence-electron chi connectivity index (χ0n) is 9.55. The zero-order valence-corrected chi connectivity index (χ0v) is 9.55. The van der Waals surface area contributed by atoms with Gasteiger partial charge in [0.15, 0.2) is 0 Å². The van der Waals surface area contributed by atoms with Gasteiger partial charge in [0.05, 0.1) is 12.2 Å². The number of nitrogens with one attached hydrogen (secondary N) is 1. The number of rotatable bonds is 2. The standard InChI is InChI=1S/C10H13NO8/c12-2-4-6(14)7(15)8(16)10(18,19-4)3-1-5(13)11-9(3)17/h1,4,6-8,12,14-16,18H,2H2,(H,11,13,17)/t4-,6-,7+,8+,10-/m1/s1. The first-order valence-corrected chi connectivity index (χ1v) is 5.44. The van der Waals surface area contributed by atoms with Crippen molar-refractivity contribution < 1.29 is 39.9 Å². The summed E-state index contributed by atoms with van der Waals surface area (Å²) in [5.74, 6) is -4.50. The van der Waals surface area contributed by atoms with E-state index in [2.05, 4.69) is 0 Å². The van der Waals surface area contributed by atoms with Crippen LogP contribution in [0.5, 0.6) is 0 Å². The Hall–Kier alpha value is -1.36. The first kappa shape index (κ1) is 14.1. The molecule has 6 N–H and O–H groups in total. The van der Waals surface area contributed by atoms with Gasteiger partial charge in [-0.2, -0.15) is 0 Å². The molecule has 5 atom stereocenters. The van der Waals surface area contributed by atoms with Crippen molar-refractivity contribution in [3.63, 3.8) is 0 Å². The van der Waals surface area contributed by atoms with Crippen LogP contribution in [-0.4, -0.2) is 74.2 Å². The Morgan fingerprint density at radius 1 is 1.26 bits per heavy atom. The molecule has 0 aromatic heterocycles. The highest BCUT2D eigenvalue weighted by Gasteiger charge is 2.57. The van der Waals surface area contributed by atoms with E-state index in [1.165, 1.54) is 0 Å². The van der Waals surface area contributed by atoms with Gasteiger partial charge >= 0.3 is 0 Å². The lowest BCUT2D eigenvalue weighted by atomic mass is 9.88. The Labute approximate surface area is 106 Å². The minimum atomic E-state index is -2.69. The zero-order chi connectivity index (χ0) is 14.4. The van der Waals surface area contributed by atoms with Crippen LogP contribution in [0.4, 0.5) is 0 Å². The first-order chi connectivity index (χ1) is 8.81. The van der Waals surface area contributed by atoms with E-state index in [1.54, 1.807) is 0 Å². The van der Waals surface area contributed by atoms with E-state index < -0.39 is 54.2 Å². The quantitative estimate of drug-likeness (QED) is 0.276. The molecule has 2 amide bonds. The van der Waals surface area contributed by atoms with Crippen molar-refractivity contribution in [2.45, 2.75) is 30.2 Å². The largest absolute Gasteiger partial charge is 0.394 e. The van der Waals surface area contributed by atoms with Gasteiger partial charge in [-0.3, -0.25) is 14.9 Å².